The van der Waals surface area contributed by atoms with Crippen LogP contribution in [-0.2, 0) is 9.53 Å². The highest BCUT2D eigenvalue weighted by molar-refractivity contribution is 5.84. The van der Waals surface area contributed by atoms with Crippen molar-refractivity contribution in [2.45, 2.75) is 18.9 Å². The van der Waals surface area contributed by atoms with E-state index in [2.05, 4.69) is 15.0 Å². The Labute approximate surface area is 91.0 Å². The molecule has 0 aromatic carbocycles. The van der Waals surface area contributed by atoms with Crippen molar-refractivity contribution in [3.05, 3.63) is 11.9 Å². The van der Waals surface area contributed by atoms with Crippen LogP contribution in [0.25, 0.3) is 0 Å². The second-order valence-corrected chi connectivity index (χ2v) is 3.73. The molecule has 0 saturated heterocycles. The number of hydrogen-bond donors (Lipinski definition) is 1. The quantitative estimate of drug-likeness (QED) is 0.733. The van der Waals surface area contributed by atoms with E-state index in [-0.39, 0.29) is 23.6 Å². The number of aromatic nitrogens is 3. The van der Waals surface area contributed by atoms with Crippen molar-refractivity contribution >= 4 is 11.9 Å². The summed E-state index contributed by atoms with van der Waals surface area (Å²) < 4.78 is 6.09. The summed E-state index contributed by atoms with van der Waals surface area (Å²) in [5.74, 6) is -1.43. The Morgan fingerprint density at radius 1 is 1.56 bits per heavy atom. The molecule has 16 heavy (non-hydrogen) atoms. The van der Waals surface area contributed by atoms with Gasteiger partial charge >= 0.3 is 11.9 Å². The van der Waals surface area contributed by atoms with E-state index < -0.39 is 5.97 Å². The van der Waals surface area contributed by atoms with Crippen LogP contribution >= 0.6 is 0 Å². The Bertz CT molecular complexity index is 422. The highest BCUT2D eigenvalue weighted by atomic mass is 16.5. The van der Waals surface area contributed by atoms with Crippen LogP contribution in [0.5, 0.6) is 0 Å². The minimum atomic E-state index is -1.10. The molecule has 0 spiro atoms. The Morgan fingerprint density at radius 3 is 2.75 bits per heavy atom. The number of carbonyl (C=O) groups is 2. The predicted octanol–water partition coefficient (Wildman–Crippen LogP) is 0.100. The fraction of sp³-hybridized carbons (Fsp3) is 0.556. The van der Waals surface area contributed by atoms with E-state index >= 15 is 0 Å². The fourth-order valence-corrected chi connectivity index (χ4v) is 1.72. The van der Waals surface area contributed by atoms with Crippen molar-refractivity contribution in [1.29, 1.82) is 0 Å². The summed E-state index contributed by atoms with van der Waals surface area (Å²) in [5, 5.41) is 15.9. The van der Waals surface area contributed by atoms with Crippen molar-refractivity contribution in [3.8, 4) is 0 Å². The van der Waals surface area contributed by atoms with Crippen LogP contribution in [-0.4, -0.2) is 39.1 Å². The largest absolute Gasteiger partial charge is 0.476 e. The van der Waals surface area contributed by atoms with Gasteiger partial charge in [0.1, 0.15) is 0 Å². The fourth-order valence-electron chi connectivity index (χ4n) is 1.72. The molecule has 0 amide bonds. The van der Waals surface area contributed by atoms with Crippen LogP contribution in [0.3, 0.4) is 0 Å². The molecule has 2 rings (SSSR count). The lowest BCUT2D eigenvalue weighted by molar-refractivity contribution is -0.149. The van der Waals surface area contributed by atoms with Crippen LogP contribution in [0.2, 0.25) is 0 Å². The zero-order valence-corrected chi connectivity index (χ0v) is 8.66. The molecule has 1 fully saturated rings. The van der Waals surface area contributed by atoms with E-state index in [0.717, 1.165) is 0 Å². The highest BCUT2D eigenvalue weighted by Crippen LogP contribution is 2.37. The molecule has 0 radical (unpaired) electrons. The van der Waals surface area contributed by atoms with E-state index in [1.165, 1.54) is 18.0 Å². The molecule has 86 valence electrons. The normalized spacial score (nSPS) is 23.6. The van der Waals surface area contributed by atoms with E-state index in [1.807, 2.05) is 0 Å². The number of nitrogens with zero attached hydrogens (tertiary/aromatic N) is 3. The summed E-state index contributed by atoms with van der Waals surface area (Å²) in [6.07, 6.45) is 2.62. The first-order valence-corrected chi connectivity index (χ1v) is 4.84. The summed E-state index contributed by atoms with van der Waals surface area (Å²) in [6.45, 7) is 0. The average molecular weight is 225 g/mol. The lowest BCUT2D eigenvalue weighted by Crippen LogP contribution is -2.33. The molecule has 0 bridgehead atoms. The molecular weight excluding hydrogens is 214 g/mol. The molecule has 7 heteroatoms. The van der Waals surface area contributed by atoms with E-state index in [4.69, 9.17) is 5.11 Å². The third kappa shape index (κ3) is 1.75. The van der Waals surface area contributed by atoms with Crippen LogP contribution in [0.15, 0.2) is 6.20 Å². The van der Waals surface area contributed by atoms with Crippen LogP contribution in [0.4, 0.5) is 0 Å². The van der Waals surface area contributed by atoms with Gasteiger partial charge in [0.05, 0.1) is 25.3 Å². The third-order valence-corrected chi connectivity index (χ3v) is 2.75. The first-order chi connectivity index (χ1) is 7.61. The first-order valence-electron chi connectivity index (χ1n) is 4.84. The van der Waals surface area contributed by atoms with Crippen molar-refractivity contribution < 1.29 is 19.4 Å². The molecule has 0 aliphatic heterocycles. The number of carbonyl (C=O) groups excluding carboxylic acids is 1. The van der Waals surface area contributed by atoms with Gasteiger partial charge in [0.15, 0.2) is 5.69 Å². The SMILES string of the molecule is COC(=O)C1CC(n2cc(C(=O)O)nn2)C1. The predicted molar refractivity (Wildman–Crippen MR) is 50.8 cm³/mol. The zero-order chi connectivity index (χ0) is 11.7. The standard InChI is InChI=1S/C9H11N3O4/c1-16-9(15)5-2-6(3-5)12-4-7(8(13)14)10-11-12/h4-6H,2-3H2,1H3,(H,13,14). The third-order valence-electron chi connectivity index (χ3n) is 2.75. The summed E-state index contributed by atoms with van der Waals surface area (Å²) in [4.78, 5) is 21.7. The van der Waals surface area contributed by atoms with Gasteiger partial charge in [0.25, 0.3) is 0 Å². The van der Waals surface area contributed by atoms with E-state index in [0.29, 0.717) is 12.8 Å². The molecule has 0 atom stereocenters. The van der Waals surface area contributed by atoms with Gasteiger partial charge in [0, 0.05) is 0 Å². The van der Waals surface area contributed by atoms with E-state index in [9.17, 15) is 9.59 Å². The summed E-state index contributed by atoms with van der Waals surface area (Å²) in [7, 11) is 1.35. The van der Waals surface area contributed by atoms with Gasteiger partial charge in [-0.05, 0) is 12.8 Å². The maximum atomic E-state index is 11.1. The lowest BCUT2D eigenvalue weighted by atomic mass is 9.80. The molecule has 1 aliphatic carbocycles. The van der Waals surface area contributed by atoms with Gasteiger partial charge in [-0.1, -0.05) is 5.21 Å². The average Bonchev–Trinajstić information content (AvgIpc) is 2.64. The van der Waals surface area contributed by atoms with E-state index in [1.54, 1.807) is 0 Å². The first kappa shape index (κ1) is 10.6. The Hall–Kier alpha value is -1.92. The number of methoxy groups -OCH3 is 1. The number of esters is 1. The van der Waals surface area contributed by atoms with Crippen LogP contribution < -0.4 is 0 Å². The van der Waals surface area contributed by atoms with Gasteiger partial charge in [-0.3, -0.25) is 4.79 Å². The molecular formula is C9H11N3O4. The minimum absolute atomic E-state index is 0.0460. The Morgan fingerprint density at radius 2 is 2.25 bits per heavy atom. The van der Waals surface area contributed by atoms with Crippen molar-refractivity contribution in [2.24, 2.45) is 5.92 Å². The minimum Gasteiger partial charge on any atom is -0.476 e. The number of carboxylic acid groups (broad SMARTS) is 1. The van der Waals surface area contributed by atoms with Gasteiger partial charge in [-0.2, -0.15) is 0 Å². The summed E-state index contributed by atoms with van der Waals surface area (Å²) in [6, 6.07) is 0.0460. The summed E-state index contributed by atoms with van der Waals surface area (Å²) >= 11 is 0. The maximum absolute atomic E-state index is 11.1. The number of rotatable bonds is 3. The van der Waals surface area contributed by atoms with Crippen molar-refractivity contribution in [3.63, 3.8) is 0 Å². The molecule has 0 unspecified atom stereocenters. The Balaban J connectivity index is 1.96. The van der Waals surface area contributed by atoms with Gasteiger partial charge in [0.2, 0.25) is 0 Å². The van der Waals surface area contributed by atoms with Crippen molar-refractivity contribution in [1.82, 2.24) is 15.0 Å². The molecule has 1 aromatic heterocycles. The number of carboxylic acids is 1. The van der Waals surface area contributed by atoms with Gasteiger partial charge in [-0.15, -0.1) is 5.10 Å². The monoisotopic (exact) mass is 225 g/mol. The van der Waals surface area contributed by atoms with Crippen LogP contribution in [0, 0.1) is 5.92 Å². The van der Waals surface area contributed by atoms with Gasteiger partial charge in [-0.25, -0.2) is 9.48 Å². The topological polar surface area (TPSA) is 94.3 Å². The highest BCUT2D eigenvalue weighted by Gasteiger charge is 2.37. The molecule has 1 heterocycles. The number of hydrogen-bond acceptors (Lipinski definition) is 5. The summed E-state index contributed by atoms with van der Waals surface area (Å²) in [5.41, 5.74) is -0.0819. The number of ether oxygens (including phenoxy) is 1. The van der Waals surface area contributed by atoms with Gasteiger partial charge < -0.3 is 9.84 Å². The second-order valence-electron chi connectivity index (χ2n) is 3.73. The molecule has 7 nitrogen and oxygen atoms in total. The number of aromatic carboxylic acids is 1. The molecule has 1 saturated carbocycles. The second kappa shape index (κ2) is 3.92. The zero-order valence-electron chi connectivity index (χ0n) is 8.66. The lowest BCUT2D eigenvalue weighted by Gasteiger charge is -2.32. The molecule has 1 aliphatic rings. The van der Waals surface area contributed by atoms with Crippen molar-refractivity contribution in [2.75, 3.05) is 7.11 Å². The smallest absolute Gasteiger partial charge is 0.358 e. The Kier molecular flexibility index (Phi) is 2.59. The maximum Gasteiger partial charge on any atom is 0.358 e. The molecule has 1 aromatic rings. The van der Waals surface area contributed by atoms with Crippen LogP contribution in [0.1, 0.15) is 29.4 Å². The molecule has 1 N–H and O–H groups in total.